The zero-order chi connectivity index (χ0) is 15.9. The Kier molecular flexibility index (Phi) is 6.01. The van der Waals surface area contributed by atoms with Crippen molar-refractivity contribution >= 4 is 23.6 Å². The zero-order valence-electron chi connectivity index (χ0n) is 12.3. The number of likely N-dealkylation sites (N-methyl/N-ethyl adjacent to an activating group) is 1. The van der Waals surface area contributed by atoms with E-state index in [1.165, 1.54) is 11.6 Å². The van der Waals surface area contributed by atoms with Crippen LogP contribution in [0.5, 0.6) is 0 Å². The van der Waals surface area contributed by atoms with E-state index in [2.05, 4.69) is 20.8 Å². The molecule has 0 aliphatic carbocycles. The Morgan fingerprint density at radius 2 is 2.32 bits per heavy atom. The summed E-state index contributed by atoms with van der Waals surface area (Å²) >= 11 is 1.14. The first-order valence-electron chi connectivity index (χ1n) is 6.97. The molecule has 0 bridgehead atoms. The van der Waals surface area contributed by atoms with Crippen LogP contribution in [0, 0.1) is 0 Å². The highest BCUT2D eigenvalue weighted by Crippen LogP contribution is 2.17. The summed E-state index contributed by atoms with van der Waals surface area (Å²) in [7, 11) is 1.50. The fourth-order valence-electron chi connectivity index (χ4n) is 2.01. The second kappa shape index (κ2) is 7.99. The molecule has 2 amide bonds. The molecule has 1 aromatic rings. The van der Waals surface area contributed by atoms with Crippen molar-refractivity contribution < 1.29 is 14.3 Å². The van der Waals surface area contributed by atoms with Gasteiger partial charge in [-0.3, -0.25) is 14.2 Å². The number of nitrogens with one attached hydrogen (secondary N) is 3. The Morgan fingerprint density at radius 3 is 3.00 bits per heavy atom. The summed E-state index contributed by atoms with van der Waals surface area (Å²) in [6.45, 7) is 1.07. The third-order valence-electron chi connectivity index (χ3n) is 3.19. The maximum Gasteiger partial charge on any atom is 0.344 e. The predicted molar refractivity (Wildman–Crippen MR) is 79.6 cm³/mol. The van der Waals surface area contributed by atoms with Gasteiger partial charge in [-0.15, -0.1) is 5.10 Å². The lowest BCUT2D eigenvalue weighted by atomic mass is 10.2. The summed E-state index contributed by atoms with van der Waals surface area (Å²) in [4.78, 5) is 34.4. The Hall–Kier alpha value is -1.81. The topological polar surface area (TPSA) is 118 Å². The lowest BCUT2D eigenvalue weighted by molar-refractivity contribution is -0.124. The number of carbonyl (C=O) groups excluding carboxylic acids is 2. The summed E-state index contributed by atoms with van der Waals surface area (Å²) in [5, 5.41) is 11.6. The van der Waals surface area contributed by atoms with Crippen LogP contribution >= 0.6 is 11.8 Å². The van der Waals surface area contributed by atoms with Gasteiger partial charge in [0.1, 0.15) is 0 Å². The van der Waals surface area contributed by atoms with Gasteiger partial charge in [0.15, 0.2) is 5.16 Å². The maximum atomic E-state index is 11.7. The Bertz CT molecular complexity index is 578. The molecular weight excluding hydrogens is 310 g/mol. The predicted octanol–water partition coefficient (Wildman–Crippen LogP) is -1.30. The summed E-state index contributed by atoms with van der Waals surface area (Å²) < 4.78 is 6.98. The molecule has 10 heteroatoms. The van der Waals surface area contributed by atoms with E-state index in [1.807, 2.05) is 0 Å². The van der Waals surface area contributed by atoms with Gasteiger partial charge in [0.25, 0.3) is 0 Å². The van der Waals surface area contributed by atoms with Crippen LogP contribution in [0.3, 0.4) is 0 Å². The molecule has 0 radical (unpaired) electrons. The summed E-state index contributed by atoms with van der Waals surface area (Å²) in [6, 6.07) is 0. The number of ether oxygens (including phenoxy) is 1. The largest absolute Gasteiger partial charge is 0.376 e. The molecule has 2 heterocycles. The van der Waals surface area contributed by atoms with Crippen molar-refractivity contribution in [3.8, 4) is 0 Å². The molecule has 1 atom stereocenters. The van der Waals surface area contributed by atoms with Crippen molar-refractivity contribution in [2.24, 2.45) is 0 Å². The Balaban J connectivity index is 1.86. The Morgan fingerprint density at radius 1 is 1.50 bits per heavy atom. The molecule has 3 N–H and O–H groups in total. The monoisotopic (exact) mass is 329 g/mol. The maximum absolute atomic E-state index is 11.7. The number of hydrogen-bond donors (Lipinski definition) is 3. The summed E-state index contributed by atoms with van der Waals surface area (Å²) in [6.07, 6.45) is 1.91. The highest BCUT2D eigenvalue weighted by Gasteiger charge is 2.20. The van der Waals surface area contributed by atoms with Crippen molar-refractivity contribution in [3.05, 3.63) is 10.5 Å². The second-order valence-electron chi connectivity index (χ2n) is 4.80. The first-order valence-corrected chi connectivity index (χ1v) is 7.95. The average molecular weight is 329 g/mol. The fourth-order valence-corrected chi connectivity index (χ4v) is 2.80. The van der Waals surface area contributed by atoms with Crippen LogP contribution in [-0.4, -0.2) is 58.6 Å². The number of H-pyrrole nitrogens is 1. The molecule has 1 aliphatic rings. The summed E-state index contributed by atoms with van der Waals surface area (Å²) in [5.41, 5.74) is -0.316. The molecule has 1 fully saturated rings. The van der Waals surface area contributed by atoms with Gasteiger partial charge in [0.2, 0.25) is 11.8 Å². The van der Waals surface area contributed by atoms with Crippen LogP contribution in [0.2, 0.25) is 0 Å². The van der Waals surface area contributed by atoms with Crippen molar-refractivity contribution in [1.29, 1.82) is 0 Å². The van der Waals surface area contributed by atoms with Crippen molar-refractivity contribution in [1.82, 2.24) is 25.4 Å². The average Bonchev–Trinajstić information content (AvgIpc) is 3.14. The van der Waals surface area contributed by atoms with E-state index in [1.54, 1.807) is 0 Å². The van der Waals surface area contributed by atoms with Crippen LogP contribution < -0.4 is 16.3 Å². The van der Waals surface area contributed by atoms with Gasteiger partial charge in [-0.05, 0) is 12.8 Å². The molecule has 9 nitrogen and oxygen atoms in total. The third-order valence-corrected chi connectivity index (χ3v) is 4.17. The molecule has 0 aromatic carbocycles. The lowest BCUT2D eigenvalue weighted by Gasteiger charge is -2.10. The third kappa shape index (κ3) is 4.60. The van der Waals surface area contributed by atoms with E-state index in [4.69, 9.17) is 4.74 Å². The number of amides is 2. The SMILES string of the molecule is CNC(=O)CNC(=O)CSc1n[nH]c(=O)n1C[C@H]1CCCO1. The minimum atomic E-state index is -0.316. The minimum absolute atomic E-state index is 0.0109. The molecule has 0 saturated carbocycles. The molecule has 22 heavy (non-hydrogen) atoms. The smallest absolute Gasteiger partial charge is 0.344 e. The van der Waals surface area contributed by atoms with Gasteiger partial charge in [-0.2, -0.15) is 0 Å². The first-order chi connectivity index (χ1) is 10.6. The van der Waals surface area contributed by atoms with Crippen molar-refractivity contribution in [3.63, 3.8) is 0 Å². The highest BCUT2D eigenvalue weighted by molar-refractivity contribution is 7.99. The van der Waals surface area contributed by atoms with Crippen LogP contribution in [0.15, 0.2) is 9.95 Å². The number of nitrogens with zero attached hydrogens (tertiary/aromatic N) is 2. The van der Waals surface area contributed by atoms with Gasteiger partial charge in [0.05, 0.1) is 24.9 Å². The molecule has 2 rings (SSSR count). The van der Waals surface area contributed by atoms with E-state index in [0.717, 1.165) is 24.6 Å². The number of aromatic amines is 1. The molecule has 1 aliphatic heterocycles. The van der Waals surface area contributed by atoms with Gasteiger partial charge in [-0.1, -0.05) is 11.8 Å². The van der Waals surface area contributed by atoms with Gasteiger partial charge in [-0.25, -0.2) is 9.89 Å². The van der Waals surface area contributed by atoms with Crippen molar-refractivity contribution in [2.75, 3.05) is 26.0 Å². The van der Waals surface area contributed by atoms with Gasteiger partial charge < -0.3 is 15.4 Å². The number of hydrogen-bond acceptors (Lipinski definition) is 6. The molecular formula is C12H19N5O4S. The first kappa shape index (κ1) is 16.6. The Labute approximate surface area is 131 Å². The van der Waals surface area contributed by atoms with E-state index in [0.29, 0.717) is 18.3 Å². The number of rotatable bonds is 7. The summed E-state index contributed by atoms with van der Waals surface area (Å²) in [5.74, 6) is -0.492. The normalized spacial score (nSPS) is 17.4. The number of carbonyl (C=O) groups is 2. The number of thioether (sulfide) groups is 1. The zero-order valence-corrected chi connectivity index (χ0v) is 13.1. The van der Waals surface area contributed by atoms with Crippen LogP contribution in [0.25, 0.3) is 0 Å². The molecule has 1 saturated heterocycles. The molecule has 0 unspecified atom stereocenters. The number of aromatic nitrogens is 3. The minimum Gasteiger partial charge on any atom is -0.376 e. The molecule has 1 aromatic heterocycles. The van der Waals surface area contributed by atoms with E-state index in [9.17, 15) is 14.4 Å². The van der Waals surface area contributed by atoms with E-state index in [-0.39, 0.29) is 35.9 Å². The standard InChI is InChI=1S/C12H19N5O4S/c1-13-9(18)5-14-10(19)7-22-12-16-15-11(20)17(12)6-8-3-2-4-21-8/h8H,2-7H2,1H3,(H,13,18)(H,14,19)(H,15,20)/t8-/m1/s1. The van der Waals surface area contributed by atoms with E-state index >= 15 is 0 Å². The van der Waals surface area contributed by atoms with Gasteiger partial charge in [0, 0.05) is 13.7 Å². The van der Waals surface area contributed by atoms with Gasteiger partial charge >= 0.3 is 5.69 Å². The quantitative estimate of drug-likeness (QED) is 0.535. The fraction of sp³-hybridized carbons (Fsp3) is 0.667. The lowest BCUT2D eigenvalue weighted by Crippen LogP contribution is -2.36. The second-order valence-corrected chi connectivity index (χ2v) is 5.74. The molecule has 122 valence electrons. The van der Waals surface area contributed by atoms with Crippen LogP contribution in [0.1, 0.15) is 12.8 Å². The highest BCUT2D eigenvalue weighted by atomic mass is 32.2. The van der Waals surface area contributed by atoms with Crippen LogP contribution in [-0.2, 0) is 20.9 Å². The van der Waals surface area contributed by atoms with Crippen LogP contribution in [0.4, 0.5) is 0 Å². The van der Waals surface area contributed by atoms with Crippen molar-refractivity contribution in [2.45, 2.75) is 30.6 Å². The van der Waals surface area contributed by atoms with E-state index < -0.39 is 0 Å². The molecule has 0 spiro atoms.